The fourth-order valence-corrected chi connectivity index (χ4v) is 4.42. The van der Waals surface area contributed by atoms with Crippen molar-refractivity contribution in [2.24, 2.45) is 0 Å². The molecule has 1 aromatic heterocycles. The molecule has 3 amide bonds. The van der Waals surface area contributed by atoms with Gasteiger partial charge in [-0.2, -0.15) is 0 Å². The summed E-state index contributed by atoms with van der Waals surface area (Å²) >= 11 is 1.54. The molecule has 1 saturated heterocycles. The Labute approximate surface area is 185 Å². The van der Waals surface area contributed by atoms with E-state index in [9.17, 15) is 14.0 Å². The molecule has 31 heavy (non-hydrogen) atoms. The highest BCUT2D eigenvalue weighted by molar-refractivity contribution is 7.10. The van der Waals surface area contributed by atoms with Gasteiger partial charge in [-0.15, -0.1) is 11.3 Å². The Bertz CT molecular complexity index is 1070. The summed E-state index contributed by atoms with van der Waals surface area (Å²) in [5.74, 6) is -0.403. The summed E-state index contributed by atoms with van der Waals surface area (Å²) in [6, 6.07) is 15.7. The van der Waals surface area contributed by atoms with Gasteiger partial charge in [0, 0.05) is 24.5 Å². The van der Waals surface area contributed by atoms with Crippen molar-refractivity contribution < 1.29 is 14.0 Å². The lowest BCUT2D eigenvalue weighted by Crippen LogP contribution is -2.49. The van der Waals surface area contributed by atoms with Gasteiger partial charge >= 0.3 is 6.03 Å². The highest BCUT2D eigenvalue weighted by Crippen LogP contribution is 2.30. The van der Waals surface area contributed by atoms with Crippen LogP contribution in [0.3, 0.4) is 0 Å². The predicted molar refractivity (Wildman–Crippen MR) is 122 cm³/mol. The first-order chi connectivity index (χ1) is 15.0. The van der Waals surface area contributed by atoms with Gasteiger partial charge in [-0.05, 0) is 60.2 Å². The van der Waals surface area contributed by atoms with E-state index >= 15 is 0 Å². The van der Waals surface area contributed by atoms with Crippen molar-refractivity contribution in [3.05, 3.63) is 81.8 Å². The second kappa shape index (κ2) is 9.31. The highest BCUT2D eigenvalue weighted by atomic mass is 32.1. The van der Waals surface area contributed by atoms with E-state index in [1.165, 1.54) is 12.1 Å². The maximum absolute atomic E-state index is 13.2. The zero-order chi connectivity index (χ0) is 21.8. The molecule has 3 aromatic rings. The molecule has 0 spiro atoms. The molecule has 0 unspecified atom stereocenters. The van der Waals surface area contributed by atoms with E-state index in [4.69, 9.17) is 0 Å². The van der Waals surface area contributed by atoms with Crippen LogP contribution >= 0.6 is 11.3 Å². The van der Waals surface area contributed by atoms with Crippen LogP contribution in [0.25, 0.3) is 0 Å². The van der Waals surface area contributed by atoms with Crippen molar-refractivity contribution in [1.29, 1.82) is 0 Å². The molecule has 2 heterocycles. The minimum atomic E-state index is -0.294. The van der Waals surface area contributed by atoms with Crippen LogP contribution < -0.4 is 10.2 Å². The molecule has 1 aliphatic heterocycles. The zero-order valence-electron chi connectivity index (χ0n) is 17.3. The number of hydrogen-bond acceptors (Lipinski definition) is 3. The number of hydrogen-bond donors (Lipinski definition) is 1. The van der Waals surface area contributed by atoms with Gasteiger partial charge in [0.2, 0.25) is 5.91 Å². The molecule has 1 fully saturated rings. The van der Waals surface area contributed by atoms with Crippen LogP contribution in [0.15, 0.2) is 60.0 Å². The first-order valence-corrected chi connectivity index (χ1v) is 11.1. The Kier molecular flexibility index (Phi) is 6.32. The Morgan fingerprint density at radius 1 is 1.13 bits per heavy atom. The Morgan fingerprint density at radius 2 is 1.94 bits per heavy atom. The maximum Gasteiger partial charge on any atom is 0.324 e. The van der Waals surface area contributed by atoms with Gasteiger partial charge in [0.25, 0.3) is 0 Å². The predicted octanol–water partition coefficient (Wildman–Crippen LogP) is 5.21. The van der Waals surface area contributed by atoms with Crippen LogP contribution in [0.4, 0.5) is 20.6 Å². The number of carbonyl (C=O) groups is 2. The minimum absolute atomic E-state index is 0.109. The fraction of sp³-hybridized carbons (Fsp3) is 0.250. The summed E-state index contributed by atoms with van der Waals surface area (Å²) in [4.78, 5) is 30.3. The van der Waals surface area contributed by atoms with Crippen molar-refractivity contribution in [2.75, 3.05) is 23.3 Å². The minimum Gasteiger partial charge on any atom is -0.324 e. The number of halogens is 1. The lowest BCUT2D eigenvalue weighted by molar-refractivity contribution is -0.115. The maximum atomic E-state index is 13.2. The number of nitrogens with one attached hydrogen (secondary N) is 1. The molecule has 1 aliphatic rings. The van der Waals surface area contributed by atoms with Crippen LogP contribution in [0.5, 0.6) is 0 Å². The van der Waals surface area contributed by atoms with Gasteiger partial charge in [0.05, 0.1) is 17.8 Å². The molecule has 0 aliphatic carbocycles. The third-order valence-corrected chi connectivity index (χ3v) is 6.11. The normalized spacial score (nSPS) is 14.1. The van der Waals surface area contributed by atoms with Crippen molar-refractivity contribution in [2.45, 2.75) is 26.3 Å². The topological polar surface area (TPSA) is 52.6 Å². The lowest BCUT2D eigenvalue weighted by atomic mass is 10.1. The molecule has 4 rings (SSSR count). The van der Waals surface area contributed by atoms with Gasteiger partial charge in [-0.3, -0.25) is 9.69 Å². The zero-order valence-corrected chi connectivity index (χ0v) is 18.1. The van der Waals surface area contributed by atoms with Gasteiger partial charge in [-0.25, -0.2) is 9.18 Å². The monoisotopic (exact) mass is 437 g/mol. The largest absolute Gasteiger partial charge is 0.324 e. The van der Waals surface area contributed by atoms with Gasteiger partial charge < -0.3 is 10.2 Å². The van der Waals surface area contributed by atoms with E-state index in [-0.39, 0.29) is 17.8 Å². The molecule has 160 valence electrons. The summed E-state index contributed by atoms with van der Waals surface area (Å²) < 4.78 is 13.2. The average Bonchev–Trinajstić information content (AvgIpc) is 3.24. The summed E-state index contributed by atoms with van der Waals surface area (Å²) in [6.45, 7) is 3.59. The number of urea groups is 1. The summed E-state index contributed by atoms with van der Waals surface area (Å²) in [6.07, 6.45) is 1.11. The van der Waals surface area contributed by atoms with Gasteiger partial charge in [0.1, 0.15) is 5.82 Å². The van der Waals surface area contributed by atoms with E-state index in [1.807, 2.05) is 42.6 Å². The molecular weight excluding hydrogens is 413 g/mol. The first kappa shape index (κ1) is 21.1. The molecule has 0 saturated carbocycles. The van der Waals surface area contributed by atoms with Crippen LogP contribution in [-0.4, -0.2) is 29.9 Å². The Morgan fingerprint density at radius 3 is 2.68 bits per heavy atom. The van der Waals surface area contributed by atoms with E-state index in [2.05, 4.69) is 5.32 Å². The number of rotatable bonds is 6. The second-order valence-electron chi connectivity index (χ2n) is 7.66. The molecular formula is C24H24FN3O2S. The van der Waals surface area contributed by atoms with Crippen LogP contribution in [0.2, 0.25) is 0 Å². The Balaban J connectivity index is 1.52. The number of benzene rings is 2. The second-order valence-corrected chi connectivity index (χ2v) is 8.69. The molecule has 7 heteroatoms. The average molecular weight is 438 g/mol. The molecule has 1 N–H and O–H groups in total. The smallest absolute Gasteiger partial charge is 0.324 e. The van der Waals surface area contributed by atoms with Crippen LogP contribution in [0, 0.1) is 12.7 Å². The Hall–Kier alpha value is -3.19. The SMILES string of the molecule is Cc1ccc(N2CCCN(Cc3ccc(F)cc3)C2=O)c(NC(=O)Cc2cccs2)c1. The fourth-order valence-electron chi connectivity index (χ4n) is 3.71. The van der Waals surface area contributed by atoms with Crippen LogP contribution in [-0.2, 0) is 17.8 Å². The van der Waals surface area contributed by atoms with E-state index in [0.29, 0.717) is 37.4 Å². The first-order valence-electron chi connectivity index (χ1n) is 10.2. The van der Waals surface area contributed by atoms with Gasteiger partial charge in [0.15, 0.2) is 0 Å². The number of carbonyl (C=O) groups excluding carboxylic acids is 2. The third-order valence-electron chi connectivity index (χ3n) is 5.23. The van der Waals surface area contributed by atoms with E-state index < -0.39 is 0 Å². The van der Waals surface area contributed by atoms with Crippen molar-refractivity contribution in [3.8, 4) is 0 Å². The number of anilines is 2. The molecule has 0 radical (unpaired) electrons. The highest BCUT2D eigenvalue weighted by Gasteiger charge is 2.28. The summed E-state index contributed by atoms with van der Waals surface area (Å²) in [7, 11) is 0. The molecule has 2 aromatic carbocycles. The molecule has 5 nitrogen and oxygen atoms in total. The van der Waals surface area contributed by atoms with Crippen molar-refractivity contribution in [3.63, 3.8) is 0 Å². The lowest BCUT2D eigenvalue weighted by Gasteiger charge is -2.36. The number of amides is 3. The van der Waals surface area contributed by atoms with Crippen molar-refractivity contribution >= 4 is 34.6 Å². The van der Waals surface area contributed by atoms with Gasteiger partial charge in [-0.1, -0.05) is 24.3 Å². The third kappa shape index (κ3) is 5.11. The quantitative estimate of drug-likeness (QED) is 0.576. The number of aryl methyl sites for hydroxylation is 1. The van der Waals surface area contributed by atoms with E-state index in [1.54, 1.807) is 33.3 Å². The molecule has 0 atom stereocenters. The standard InChI is InChI=1S/C24H24FN3O2S/c1-17-5-10-22(21(14-17)26-23(29)15-20-4-2-13-31-20)28-12-3-11-27(24(28)30)16-18-6-8-19(25)9-7-18/h2,4-10,13-14H,3,11-12,15-16H2,1H3,(H,26,29). The number of thiophene rings is 1. The van der Waals surface area contributed by atoms with E-state index in [0.717, 1.165) is 22.4 Å². The van der Waals surface area contributed by atoms with Crippen molar-refractivity contribution in [1.82, 2.24) is 4.90 Å². The van der Waals surface area contributed by atoms with Crippen LogP contribution in [0.1, 0.15) is 22.4 Å². The molecule has 0 bridgehead atoms. The summed E-state index contributed by atoms with van der Waals surface area (Å²) in [5.41, 5.74) is 3.21. The number of nitrogens with zero attached hydrogens (tertiary/aromatic N) is 2. The summed E-state index contributed by atoms with van der Waals surface area (Å²) in [5, 5.41) is 4.94.